The normalized spacial score (nSPS) is 10.3. The highest BCUT2D eigenvalue weighted by atomic mass is 79.9. The van der Waals surface area contributed by atoms with E-state index in [0.29, 0.717) is 6.54 Å². The van der Waals surface area contributed by atoms with Gasteiger partial charge in [-0.25, -0.2) is 4.98 Å². The molecular weight excluding hydrogens is 256 g/mol. The van der Waals surface area contributed by atoms with Crippen LogP contribution in [0.15, 0.2) is 39.7 Å². The molecule has 3 nitrogen and oxygen atoms in total. The molecule has 2 heterocycles. The lowest BCUT2D eigenvalue weighted by atomic mass is 10.3. The zero-order chi connectivity index (χ0) is 10.7. The van der Waals surface area contributed by atoms with Gasteiger partial charge >= 0.3 is 0 Å². The lowest BCUT2D eigenvalue weighted by Gasteiger charge is -2.06. The van der Waals surface area contributed by atoms with Crippen molar-refractivity contribution in [3.63, 3.8) is 0 Å². The van der Waals surface area contributed by atoms with Gasteiger partial charge in [-0.05, 0) is 46.6 Å². The van der Waals surface area contributed by atoms with E-state index in [2.05, 4.69) is 26.2 Å². The first-order valence-corrected chi connectivity index (χ1v) is 5.44. The number of aryl methyl sites for hydroxylation is 1. The highest BCUT2D eigenvalue weighted by Gasteiger charge is 2.03. The highest BCUT2D eigenvalue weighted by Crippen LogP contribution is 2.19. The number of nitrogens with zero attached hydrogens (tertiary/aromatic N) is 1. The SMILES string of the molecule is Cc1ccoc1CNc1cccnc1Br. The molecule has 15 heavy (non-hydrogen) atoms. The number of halogens is 1. The topological polar surface area (TPSA) is 38.1 Å². The molecule has 0 saturated carbocycles. The summed E-state index contributed by atoms with van der Waals surface area (Å²) in [5.74, 6) is 0.950. The summed E-state index contributed by atoms with van der Waals surface area (Å²) in [7, 11) is 0. The van der Waals surface area contributed by atoms with Crippen molar-refractivity contribution in [2.24, 2.45) is 0 Å². The molecule has 0 unspecified atom stereocenters. The first-order valence-electron chi connectivity index (χ1n) is 4.65. The van der Waals surface area contributed by atoms with E-state index in [1.165, 1.54) is 0 Å². The molecule has 0 amide bonds. The monoisotopic (exact) mass is 266 g/mol. The lowest BCUT2D eigenvalue weighted by molar-refractivity contribution is 0.515. The Kier molecular flexibility index (Phi) is 3.06. The first kappa shape index (κ1) is 10.2. The van der Waals surface area contributed by atoms with Gasteiger partial charge in [0.1, 0.15) is 10.4 Å². The highest BCUT2D eigenvalue weighted by molar-refractivity contribution is 9.10. The zero-order valence-corrected chi connectivity index (χ0v) is 9.91. The number of rotatable bonds is 3. The average molecular weight is 267 g/mol. The Labute approximate surface area is 96.6 Å². The molecule has 2 aromatic rings. The Bertz CT molecular complexity index is 453. The lowest BCUT2D eigenvalue weighted by Crippen LogP contribution is -2.00. The Balaban J connectivity index is 2.06. The van der Waals surface area contributed by atoms with Crippen molar-refractivity contribution in [3.05, 3.63) is 46.6 Å². The second kappa shape index (κ2) is 4.49. The molecule has 2 rings (SSSR count). The van der Waals surface area contributed by atoms with E-state index in [9.17, 15) is 0 Å². The third kappa shape index (κ3) is 2.39. The van der Waals surface area contributed by atoms with Crippen molar-refractivity contribution >= 4 is 21.6 Å². The third-order valence-electron chi connectivity index (χ3n) is 2.17. The van der Waals surface area contributed by atoms with E-state index in [0.717, 1.165) is 21.6 Å². The number of aromatic nitrogens is 1. The summed E-state index contributed by atoms with van der Waals surface area (Å²) in [5, 5.41) is 3.25. The van der Waals surface area contributed by atoms with Crippen molar-refractivity contribution in [2.75, 3.05) is 5.32 Å². The Hall–Kier alpha value is -1.29. The van der Waals surface area contributed by atoms with E-state index >= 15 is 0 Å². The summed E-state index contributed by atoms with van der Waals surface area (Å²) < 4.78 is 6.14. The molecule has 0 fully saturated rings. The van der Waals surface area contributed by atoms with E-state index in [1.807, 2.05) is 25.1 Å². The molecule has 78 valence electrons. The Morgan fingerprint density at radius 3 is 3.00 bits per heavy atom. The summed E-state index contributed by atoms with van der Waals surface area (Å²) in [6, 6.07) is 5.81. The summed E-state index contributed by atoms with van der Waals surface area (Å²) in [4.78, 5) is 4.13. The van der Waals surface area contributed by atoms with Gasteiger partial charge in [0.05, 0.1) is 18.5 Å². The fourth-order valence-electron chi connectivity index (χ4n) is 1.28. The maximum atomic E-state index is 5.33. The van der Waals surface area contributed by atoms with Crippen LogP contribution in [0.4, 0.5) is 5.69 Å². The van der Waals surface area contributed by atoms with Crippen LogP contribution in [0.1, 0.15) is 11.3 Å². The van der Waals surface area contributed by atoms with Crippen LogP contribution in [0.25, 0.3) is 0 Å². The average Bonchev–Trinajstić information content (AvgIpc) is 2.63. The zero-order valence-electron chi connectivity index (χ0n) is 8.33. The predicted molar refractivity (Wildman–Crippen MR) is 62.7 cm³/mol. The number of pyridine rings is 1. The molecule has 0 aliphatic rings. The molecule has 2 aromatic heterocycles. The van der Waals surface area contributed by atoms with Crippen LogP contribution in [0.2, 0.25) is 0 Å². The van der Waals surface area contributed by atoms with Crippen LogP contribution in [-0.4, -0.2) is 4.98 Å². The van der Waals surface area contributed by atoms with Gasteiger partial charge in [-0.1, -0.05) is 0 Å². The summed E-state index contributed by atoms with van der Waals surface area (Å²) >= 11 is 3.37. The van der Waals surface area contributed by atoms with Crippen molar-refractivity contribution in [1.29, 1.82) is 0 Å². The second-order valence-electron chi connectivity index (χ2n) is 3.22. The van der Waals surface area contributed by atoms with E-state index < -0.39 is 0 Å². The maximum Gasteiger partial charge on any atom is 0.129 e. The Morgan fingerprint density at radius 1 is 1.47 bits per heavy atom. The number of furan rings is 1. The molecule has 0 saturated heterocycles. The summed E-state index contributed by atoms with van der Waals surface area (Å²) in [6.07, 6.45) is 3.44. The third-order valence-corrected chi connectivity index (χ3v) is 2.80. The van der Waals surface area contributed by atoms with Gasteiger partial charge in [0.15, 0.2) is 0 Å². The molecule has 0 spiro atoms. The minimum absolute atomic E-state index is 0.670. The molecule has 0 radical (unpaired) electrons. The van der Waals surface area contributed by atoms with Gasteiger partial charge in [0, 0.05) is 6.20 Å². The molecule has 4 heteroatoms. The number of anilines is 1. The van der Waals surface area contributed by atoms with Gasteiger partial charge in [-0.2, -0.15) is 0 Å². The smallest absolute Gasteiger partial charge is 0.129 e. The summed E-state index contributed by atoms with van der Waals surface area (Å²) in [5.41, 5.74) is 2.12. The molecule has 0 aliphatic carbocycles. The van der Waals surface area contributed by atoms with Crippen LogP contribution in [0.5, 0.6) is 0 Å². The standard InChI is InChI=1S/C11H11BrN2O/c1-8-4-6-15-10(8)7-14-9-3-2-5-13-11(9)12/h2-6,14H,7H2,1H3. The number of nitrogens with one attached hydrogen (secondary N) is 1. The van der Waals surface area contributed by atoms with Gasteiger partial charge < -0.3 is 9.73 Å². The fraction of sp³-hybridized carbons (Fsp3) is 0.182. The largest absolute Gasteiger partial charge is 0.467 e. The molecular formula is C11H11BrN2O. The van der Waals surface area contributed by atoms with Crippen LogP contribution in [-0.2, 0) is 6.54 Å². The van der Waals surface area contributed by atoms with Gasteiger partial charge in [0.2, 0.25) is 0 Å². The minimum atomic E-state index is 0.670. The second-order valence-corrected chi connectivity index (χ2v) is 3.97. The van der Waals surface area contributed by atoms with Crippen LogP contribution in [0, 0.1) is 6.92 Å². The van der Waals surface area contributed by atoms with Crippen LogP contribution in [0.3, 0.4) is 0 Å². The van der Waals surface area contributed by atoms with Gasteiger partial charge in [-0.15, -0.1) is 0 Å². The van der Waals surface area contributed by atoms with Crippen LogP contribution < -0.4 is 5.32 Å². The van der Waals surface area contributed by atoms with E-state index in [-0.39, 0.29) is 0 Å². The molecule has 0 aliphatic heterocycles. The molecule has 1 N–H and O–H groups in total. The predicted octanol–water partition coefficient (Wildman–Crippen LogP) is 3.36. The van der Waals surface area contributed by atoms with Crippen molar-refractivity contribution < 1.29 is 4.42 Å². The van der Waals surface area contributed by atoms with Crippen molar-refractivity contribution in [2.45, 2.75) is 13.5 Å². The molecule has 0 aromatic carbocycles. The van der Waals surface area contributed by atoms with E-state index in [4.69, 9.17) is 4.42 Å². The number of hydrogen-bond acceptors (Lipinski definition) is 3. The van der Waals surface area contributed by atoms with E-state index in [1.54, 1.807) is 12.5 Å². The van der Waals surface area contributed by atoms with Crippen molar-refractivity contribution in [3.8, 4) is 0 Å². The Morgan fingerprint density at radius 2 is 2.33 bits per heavy atom. The van der Waals surface area contributed by atoms with Gasteiger partial charge in [-0.3, -0.25) is 0 Å². The van der Waals surface area contributed by atoms with Gasteiger partial charge in [0.25, 0.3) is 0 Å². The number of hydrogen-bond donors (Lipinski definition) is 1. The first-order chi connectivity index (χ1) is 7.27. The summed E-state index contributed by atoms with van der Waals surface area (Å²) in [6.45, 7) is 2.70. The quantitative estimate of drug-likeness (QED) is 0.866. The molecule has 0 atom stereocenters. The molecule has 0 bridgehead atoms. The van der Waals surface area contributed by atoms with Crippen molar-refractivity contribution in [1.82, 2.24) is 4.98 Å². The van der Waals surface area contributed by atoms with Crippen LogP contribution >= 0.6 is 15.9 Å². The maximum absolute atomic E-state index is 5.33. The minimum Gasteiger partial charge on any atom is -0.467 e. The fourth-order valence-corrected chi connectivity index (χ4v) is 1.67.